The maximum atomic E-state index is 11.3. The highest BCUT2D eigenvalue weighted by atomic mass is 16.5. The van der Waals surface area contributed by atoms with Gasteiger partial charge < -0.3 is 15.8 Å². The molecule has 2 aromatic heterocycles. The summed E-state index contributed by atoms with van der Waals surface area (Å²) in [5.74, 6) is 0.456. The molecule has 0 unspecified atom stereocenters. The summed E-state index contributed by atoms with van der Waals surface area (Å²) in [7, 11) is 1.53. The number of imidazole rings is 1. The number of carbonyl (C=O) groups excluding carboxylic acids is 1. The van der Waals surface area contributed by atoms with E-state index in [1.807, 2.05) is 24.3 Å². The highest BCUT2D eigenvalue weighted by molar-refractivity contribution is 5.92. The lowest BCUT2D eigenvalue weighted by Gasteiger charge is -2.13. The number of anilines is 1. The van der Waals surface area contributed by atoms with Crippen molar-refractivity contribution >= 4 is 28.4 Å². The highest BCUT2D eigenvalue weighted by Crippen LogP contribution is 2.36. The Labute approximate surface area is 171 Å². The number of amides is 1. The number of fused-ring (bicyclic) bond motifs is 3. The fourth-order valence-corrected chi connectivity index (χ4v) is 3.36. The zero-order valence-electron chi connectivity index (χ0n) is 16.0. The maximum Gasteiger partial charge on any atom is 0.257 e. The number of nitrogens with zero attached hydrogens (tertiary/aromatic N) is 4. The van der Waals surface area contributed by atoms with Crippen LogP contribution in [0.3, 0.4) is 0 Å². The Morgan fingerprint density at radius 1 is 1.13 bits per heavy atom. The van der Waals surface area contributed by atoms with Gasteiger partial charge in [-0.2, -0.15) is 10.5 Å². The third-order valence-electron chi connectivity index (χ3n) is 4.80. The van der Waals surface area contributed by atoms with E-state index in [4.69, 9.17) is 10.5 Å². The Hall–Kier alpha value is -4.56. The van der Waals surface area contributed by atoms with Crippen LogP contribution < -0.4 is 15.8 Å². The number of hydrogen-bond donors (Lipinski definition) is 2. The molecule has 0 spiro atoms. The molecular weight excluding hydrogens is 380 g/mol. The lowest BCUT2D eigenvalue weighted by atomic mass is 9.96. The molecule has 30 heavy (non-hydrogen) atoms. The number of pyridine rings is 1. The van der Waals surface area contributed by atoms with E-state index >= 15 is 0 Å². The van der Waals surface area contributed by atoms with Crippen LogP contribution in [0.4, 0.5) is 5.82 Å². The first-order chi connectivity index (χ1) is 14.6. The predicted octanol–water partition coefficient (Wildman–Crippen LogP) is 2.60. The summed E-state index contributed by atoms with van der Waals surface area (Å²) in [6.07, 6.45) is 0. The molecule has 4 rings (SSSR count). The van der Waals surface area contributed by atoms with E-state index in [1.165, 1.54) is 7.05 Å². The number of nitrogens with two attached hydrogens (primary N) is 1. The van der Waals surface area contributed by atoms with Gasteiger partial charge in [-0.3, -0.25) is 9.20 Å². The van der Waals surface area contributed by atoms with Crippen LogP contribution in [-0.4, -0.2) is 28.9 Å². The van der Waals surface area contributed by atoms with Crippen LogP contribution in [0.15, 0.2) is 48.5 Å². The first kappa shape index (κ1) is 18.8. The summed E-state index contributed by atoms with van der Waals surface area (Å²) in [4.78, 5) is 15.9. The molecule has 0 fully saturated rings. The lowest BCUT2D eigenvalue weighted by molar-refractivity contribution is -0.122. The highest BCUT2D eigenvalue weighted by Gasteiger charge is 2.22. The molecule has 0 saturated heterocycles. The van der Waals surface area contributed by atoms with Gasteiger partial charge in [0, 0.05) is 12.6 Å². The van der Waals surface area contributed by atoms with Crippen molar-refractivity contribution in [2.45, 2.75) is 0 Å². The number of aromatic nitrogens is 2. The van der Waals surface area contributed by atoms with Gasteiger partial charge in [0.1, 0.15) is 34.8 Å². The molecule has 2 aromatic carbocycles. The second-order valence-electron chi connectivity index (χ2n) is 6.48. The van der Waals surface area contributed by atoms with E-state index in [2.05, 4.69) is 22.4 Å². The SMILES string of the molecule is CNC(=O)COc1ccc(-c2c(C#N)c(N)n3c(nc4ccccc43)c2C#N)cc1. The van der Waals surface area contributed by atoms with E-state index in [0.29, 0.717) is 28.0 Å². The topological polar surface area (TPSA) is 129 Å². The van der Waals surface area contributed by atoms with Gasteiger partial charge in [-0.25, -0.2) is 4.98 Å². The quantitative estimate of drug-likeness (QED) is 0.545. The van der Waals surface area contributed by atoms with Crippen molar-refractivity contribution in [2.75, 3.05) is 19.4 Å². The third-order valence-corrected chi connectivity index (χ3v) is 4.80. The molecular formula is C22H16N6O2. The zero-order valence-corrected chi connectivity index (χ0v) is 16.0. The molecule has 0 aliphatic heterocycles. The van der Waals surface area contributed by atoms with Crippen molar-refractivity contribution in [2.24, 2.45) is 0 Å². The minimum Gasteiger partial charge on any atom is -0.484 e. The number of nitrogen functional groups attached to an aromatic ring is 1. The van der Waals surface area contributed by atoms with E-state index in [9.17, 15) is 15.3 Å². The second kappa shape index (κ2) is 7.46. The summed E-state index contributed by atoms with van der Waals surface area (Å²) in [6.45, 7) is -0.109. The Bertz CT molecular complexity index is 1370. The molecule has 4 aromatic rings. The van der Waals surface area contributed by atoms with Crippen molar-refractivity contribution < 1.29 is 9.53 Å². The van der Waals surface area contributed by atoms with Gasteiger partial charge in [-0.05, 0) is 29.8 Å². The first-order valence-corrected chi connectivity index (χ1v) is 9.05. The van der Waals surface area contributed by atoms with Gasteiger partial charge in [0.05, 0.1) is 11.0 Å². The Balaban J connectivity index is 1.91. The second-order valence-corrected chi connectivity index (χ2v) is 6.48. The first-order valence-electron chi connectivity index (χ1n) is 9.05. The van der Waals surface area contributed by atoms with Crippen LogP contribution in [0.2, 0.25) is 0 Å². The van der Waals surface area contributed by atoms with E-state index in [-0.39, 0.29) is 29.5 Å². The molecule has 1 amide bonds. The fourth-order valence-electron chi connectivity index (χ4n) is 3.36. The number of ether oxygens (including phenoxy) is 1. The summed E-state index contributed by atoms with van der Waals surface area (Å²) in [5, 5.41) is 22.2. The molecule has 8 nitrogen and oxygen atoms in total. The number of carbonyl (C=O) groups is 1. The smallest absolute Gasteiger partial charge is 0.257 e. The van der Waals surface area contributed by atoms with Crippen LogP contribution in [0, 0.1) is 22.7 Å². The van der Waals surface area contributed by atoms with Crippen LogP contribution in [0.5, 0.6) is 5.75 Å². The van der Waals surface area contributed by atoms with Crippen molar-refractivity contribution in [3.8, 4) is 29.0 Å². The van der Waals surface area contributed by atoms with Crippen LogP contribution in [0.1, 0.15) is 11.1 Å². The van der Waals surface area contributed by atoms with Gasteiger partial charge in [0.2, 0.25) is 0 Å². The number of para-hydroxylation sites is 2. The Kier molecular flexibility index (Phi) is 4.67. The van der Waals surface area contributed by atoms with Crippen LogP contribution >= 0.6 is 0 Å². The largest absolute Gasteiger partial charge is 0.484 e. The number of rotatable bonds is 4. The van der Waals surface area contributed by atoms with Crippen LogP contribution in [-0.2, 0) is 4.79 Å². The summed E-state index contributed by atoms with van der Waals surface area (Å²) in [6, 6.07) is 18.5. The van der Waals surface area contributed by atoms with Gasteiger partial charge in [0.15, 0.2) is 12.3 Å². The lowest BCUT2D eigenvalue weighted by Crippen LogP contribution is -2.24. The van der Waals surface area contributed by atoms with Gasteiger partial charge in [-0.15, -0.1) is 0 Å². The molecule has 0 radical (unpaired) electrons. The number of likely N-dealkylation sites (N-methyl/N-ethyl adjacent to an activating group) is 1. The molecule has 0 saturated carbocycles. The molecule has 0 aliphatic rings. The molecule has 0 bridgehead atoms. The molecule has 3 N–H and O–H groups in total. The van der Waals surface area contributed by atoms with Gasteiger partial charge >= 0.3 is 0 Å². The van der Waals surface area contributed by atoms with Crippen molar-refractivity contribution in [1.29, 1.82) is 10.5 Å². The minimum absolute atomic E-state index is 0.109. The summed E-state index contributed by atoms with van der Waals surface area (Å²) in [5.41, 5.74) is 9.64. The summed E-state index contributed by atoms with van der Waals surface area (Å²) < 4.78 is 7.05. The Morgan fingerprint density at radius 2 is 1.83 bits per heavy atom. The molecule has 2 heterocycles. The zero-order chi connectivity index (χ0) is 21.3. The number of nitriles is 2. The van der Waals surface area contributed by atoms with Crippen LogP contribution in [0.25, 0.3) is 27.8 Å². The van der Waals surface area contributed by atoms with E-state index in [1.54, 1.807) is 28.7 Å². The average Bonchev–Trinajstić information content (AvgIpc) is 3.17. The molecule has 0 atom stereocenters. The average molecular weight is 396 g/mol. The summed E-state index contributed by atoms with van der Waals surface area (Å²) >= 11 is 0. The van der Waals surface area contributed by atoms with Gasteiger partial charge in [-0.1, -0.05) is 24.3 Å². The predicted molar refractivity (Wildman–Crippen MR) is 112 cm³/mol. The fraction of sp³-hybridized carbons (Fsp3) is 0.0909. The standard InChI is InChI=1S/C22H16N6O2/c1-26-19(29)12-30-14-8-6-13(7-9-14)20-15(10-23)21(25)28-18-5-3-2-4-17(18)27-22(28)16(20)11-24/h2-9H,12,25H2,1H3,(H,26,29). The minimum atomic E-state index is -0.248. The third kappa shape index (κ3) is 2.93. The number of nitrogens with one attached hydrogen (secondary N) is 1. The van der Waals surface area contributed by atoms with Gasteiger partial charge in [0.25, 0.3) is 5.91 Å². The molecule has 146 valence electrons. The Morgan fingerprint density at radius 3 is 2.50 bits per heavy atom. The van der Waals surface area contributed by atoms with Crippen molar-refractivity contribution in [3.05, 3.63) is 59.7 Å². The number of hydrogen-bond acceptors (Lipinski definition) is 6. The van der Waals surface area contributed by atoms with E-state index in [0.717, 1.165) is 5.52 Å². The monoisotopic (exact) mass is 396 g/mol. The number of benzene rings is 2. The normalized spacial score (nSPS) is 10.5. The molecule has 8 heteroatoms. The maximum absolute atomic E-state index is 11.3. The van der Waals surface area contributed by atoms with Crippen molar-refractivity contribution in [1.82, 2.24) is 14.7 Å². The molecule has 0 aliphatic carbocycles. The van der Waals surface area contributed by atoms with E-state index < -0.39 is 0 Å². The van der Waals surface area contributed by atoms with Crippen molar-refractivity contribution in [3.63, 3.8) is 0 Å².